The SMILES string of the molecule is CCCCCCCCCCCCOB([O-])[O-].OB(O)O.OB(O)O.OB(O)O.[K+].[Na+]. The van der Waals surface area contributed by atoms with Crippen LogP contribution in [0.1, 0.15) is 71.1 Å². The standard InChI is InChI=1S/C12H25BO3.3BH3O3.K.Na/c1-2-3-4-5-6-7-8-9-10-11-12-16-13(14)15;3*2-1(3)4;;/h2-12H2,1H3;3*2-4H;;/q-2;;;;2*+1. The van der Waals surface area contributed by atoms with Gasteiger partial charge in [-0.15, -0.1) is 0 Å². The molecule has 0 heterocycles. The molecule has 0 aliphatic heterocycles. The fourth-order valence-corrected chi connectivity index (χ4v) is 1.77. The van der Waals surface area contributed by atoms with Gasteiger partial charge in [-0.05, 0) is 6.42 Å². The van der Waals surface area contributed by atoms with Crippen LogP contribution < -0.4 is 91.0 Å². The van der Waals surface area contributed by atoms with Gasteiger partial charge in [0, 0.05) is 6.61 Å². The fraction of sp³-hybridized carbons (Fsp3) is 1.00. The summed E-state index contributed by atoms with van der Waals surface area (Å²) in [6.45, 7) is 2.56. The normalized spacial score (nSPS) is 8.40. The molecule has 0 radical (unpaired) electrons. The summed E-state index contributed by atoms with van der Waals surface area (Å²) in [5.74, 6) is 0. The number of rotatable bonds is 12. The van der Waals surface area contributed by atoms with Gasteiger partial charge < -0.3 is 59.9 Å². The Balaban J connectivity index is -0.0000000851. The van der Waals surface area contributed by atoms with Gasteiger partial charge >= 0.3 is 103 Å². The van der Waals surface area contributed by atoms with Crippen molar-refractivity contribution >= 4 is 29.3 Å². The van der Waals surface area contributed by atoms with Crippen molar-refractivity contribution in [2.45, 2.75) is 71.1 Å². The number of unbranched alkanes of at least 4 members (excludes halogenated alkanes) is 9. The topological polar surface area (TPSA) is 237 Å². The second-order valence-electron chi connectivity index (χ2n) is 5.38. The Hall–Kier alpha value is 2.42. The molecule has 0 unspecified atom stereocenters. The van der Waals surface area contributed by atoms with Crippen LogP contribution in [0, 0.1) is 0 Å². The van der Waals surface area contributed by atoms with Gasteiger partial charge in [0.2, 0.25) is 0 Å². The Kier molecular flexibility index (Phi) is 63.7. The van der Waals surface area contributed by atoms with Gasteiger partial charge in [-0.3, -0.25) is 0 Å². The number of hydrogen-bond donors (Lipinski definition) is 9. The van der Waals surface area contributed by atoms with Crippen LogP contribution in [-0.4, -0.2) is 81.1 Å². The molecule has 0 aromatic carbocycles. The zero-order chi connectivity index (χ0) is 22.8. The third-order valence-corrected chi connectivity index (χ3v) is 2.75. The van der Waals surface area contributed by atoms with Crippen LogP contribution in [0.4, 0.5) is 0 Å². The third-order valence-electron chi connectivity index (χ3n) is 2.75. The Morgan fingerprint density at radius 1 is 0.567 bits per heavy atom. The molecule has 0 bridgehead atoms. The van der Waals surface area contributed by atoms with E-state index >= 15 is 0 Å². The van der Waals surface area contributed by atoms with Gasteiger partial charge in [0.15, 0.2) is 0 Å². The first-order valence-corrected chi connectivity index (χ1v) is 9.03. The Bertz CT molecular complexity index is 243. The second-order valence-corrected chi connectivity index (χ2v) is 5.38. The van der Waals surface area contributed by atoms with Crippen molar-refractivity contribution in [3.8, 4) is 0 Å². The van der Waals surface area contributed by atoms with Gasteiger partial charge in [-0.1, -0.05) is 64.7 Å². The van der Waals surface area contributed by atoms with Crippen molar-refractivity contribution in [2.24, 2.45) is 0 Å². The Morgan fingerprint density at radius 2 is 0.800 bits per heavy atom. The van der Waals surface area contributed by atoms with Crippen molar-refractivity contribution < 1.29 is 141 Å². The van der Waals surface area contributed by atoms with Gasteiger partial charge in [0.1, 0.15) is 0 Å². The average Bonchev–Trinajstić information content (AvgIpc) is 2.50. The summed E-state index contributed by atoms with van der Waals surface area (Å²) in [6, 6.07) is 0. The van der Waals surface area contributed by atoms with E-state index < -0.39 is 29.3 Å². The molecule has 12 nitrogen and oxygen atoms in total. The van der Waals surface area contributed by atoms with E-state index in [4.69, 9.17) is 45.2 Å². The zero-order valence-corrected chi connectivity index (χ0v) is 23.5. The summed E-state index contributed by atoms with van der Waals surface area (Å²) in [6.07, 6.45) is 12.4. The third kappa shape index (κ3) is 111. The van der Waals surface area contributed by atoms with Gasteiger partial charge in [0.05, 0.1) is 7.32 Å². The molecular weight excluding hydrogens is 441 g/mol. The molecule has 30 heavy (non-hydrogen) atoms. The van der Waals surface area contributed by atoms with Crippen molar-refractivity contribution in [2.75, 3.05) is 6.61 Å². The van der Waals surface area contributed by atoms with Gasteiger partial charge in [0.25, 0.3) is 0 Å². The maximum absolute atomic E-state index is 10.0. The van der Waals surface area contributed by atoms with E-state index in [0.717, 1.165) is 12.8 Å². The van der Waals surface area contributed by atoms with Crippen LogP contribution >= 0.6 is 0 Å². The minimum absolute atomic E-state index is 0. The fourth-order valence-electron chi connectivity index (χ4n) is 1.77. The minimum atomic E-state index is -2.17. The summed E-state index contributed by atoms with van der Waals surface area (Å²) in [5.41, 5.74) is 0. The summed E-state index contributed by atoms with van der Waals surface area (Å²) in [4.78, 5) is 0. The first-order valence-electron chi connectivity index (χ1n) is 9.03. The van der Waals surface area contributed by atoms with Crippen molar-refractivity contribution in [1.29, 1.82) is 0 Å². The van der Waals surface area contributed by atoms with E-state index in [9.17, 15) is 10.0 Å². The monoisotopic (exact) mass is 476 g/mol. The van der Waals surface area contributed by atoms with Crippen LogP contribution in [0.15, 0.2) is 0 Å². The molecule has 0 aromatic rings. The predicted octanol–water partition coefficient (Wildman–Crippen LogP) is -10.5. The van der Waals surface area contributed by atoms with Crippen molar-refractivity contribution in [1.82, 2.24) is 0 Å². The van der Waals surface area contributed by atoms with E-state index in [1.165, 1.54) is 51.4 Å². The van der Waals surface area contributed by atoms with E-state index in [1.807, 2.05) is 0 Å². The van der Waals surface area contributed by atoms with Crippen molar-refractivity contribution in [3.05, 3.63) is 0 Å². The second kappa shape index (κ2) is 41.7. The molecule has 0 saturated carbocycles. The molecule has 0 amide bonds. The molecule has 0 rings (SSSR count). The average molecular weight is 476 g/mol. The molecule has 18 heteroatoms. The summed E-state index contributed by atoms with van der Waals surface area (Å²) < 4.78 is 4.40. The molecular formula is C12H34B4KNaO12. The van der Waals surface area contributed by atoms with Gasteiger partial charge in [-0.25, -0.2) is 0 Å². The van der Waals surface area contributed by atoms with Crippen LogP contribution in [0.25, 0.3) is 0 Å². The quantitative estimate of drug-likeness (QED) is 0.0944. The number of hydrogen-bond acceptors (Lipinski definition) is 12. The largest absolute Gasteiger partial charge is 1.00 e. The van der Waals surface area contributed by atoms with Crippen molar-refractivity contribution in [3.63, 3.8) is 0 Å². The van der Waals surface area contributed by atoms with Crippen LogP contribution in [0.3, 0.4) is 0 Å². The molecule has 0 atom stereocenters. The smallest absolute Gasteiger partial charge is 0.871 e. The molecule has 0 aliphatic carbocycles. The van der Waals surface area contributed by atoms with E-state index in [0.29, 0.717) is 6.61 Å². The summed E-state index contributed by atoms with van der Waals surface area (Å²) in [7, 11) is -8.60. The first kappa shape index (κ1) is 45.8. The van der Waals surface area contributed by atoms with E-state index in [2.05, 4.69) is 11.6 Å². The predicted molar refractivity (Wildman–Crippen MR) is 101 cm³/mol. The zero-order valence-electron chi connectivity index (χ0n) is 18.3. The Labute approximate surface area is 245 Å². The molecule has 168 valence electrons. The molecule has 0 fully saturated rings. The maximum atomic E-state index is 10.0. The molecule has 9 N–H and O–H groups in total. The first-order chi connectivity index (χ1) is 13.0. The van der Waals surface area contributed by atoms with Crippen LogP contribution in [0.5, 0.6) is 0 Å². The van der Waals surface area contributed by atoms with E-state index in [-0.39, 0.29) is 80.9 Å². The minimum Gasteiger partial charge on any atom is -0.871 e. The van der Waals surface area contributed by atoms with Crippen LogP contribution in [-0.2, 0) is 4.65 Å². The summed E-state index contributed by atoms with van der Waals surface area (Å²) >= 11 is 0. The molecule has 0 aromatic heterocycles. The summed E-state index contributed by atoms with van der Waals surface area (Å²) in [5, 5.41) is 84.5. The van der Waals surface area contributed by atoms with Gasteiger partial charge in [-0.2, -0.15) is 0 Å². The van der Waals surface area contributed by atoms with Crippen LogP contribution in [0.2, 0.25) is 0 Å². The molecule has 0 aliphatic rings. The van der Waals surface area contributed by atoms with E-state index in [1.54, 1.807) is 0 Å². The Morgan fingerprint density at radius 3 is 1.03 bits per heavy atom. The maximum Gasteiger partial charge on any atom is 1.00 e. The molecule has 0 saturated heterocycles. The molecule has 0 spiro atoms.